The van der Waals surface area contributed by atoms with E-state index in [1.807, 2.05) is 0 Å². The Balaban J connectivity index is 2.68. The van der Waals surface area contributed by atoms with Crippen LogP contribution in [0.15, 0.2) is 12.2 Å². The van der Waals surface area contributed by atoms with Gasteiger partial charge in [0.15, 0.2) is 0 Å². The molecule has 1 unspecified atom stereocenters. The molecule has 0 heterocycles. The average Bonchev–Trinajstić information content (AvgIpc) is 2.19. The molecule has 1 N–H and O–H groups in total. The summed E-state index contributed by atoms with van der Waals surface area (Å²) in [6.45, 7) is 2.16. The summed E-state index contributed by atoms with van der Waals surface area (Å²) < 4.78 is 0. The quantitative estimate of drug-likeness (QED) is 0.713. The first kappa shape index (κ1) is 12.1. The normalized spacial score (nSPS) is 25.0. The molecule has 0 spiro atoms. The predicted octanol–water partition coefficient (Wildman–Crippen LogP) is 2.54. The topological polar surface area (TPSA) is 32.3 Å². The molecule has 0 aromatic heterocycles. The number of allylic oxidation sites excluding steroid dienone is 1. The van der Waals surface area contributed by atoms with Crippen LogP contribution in [0.1, 0.15) is 39.0 Å². The fourth-order valence-electron chi connectivity index (χ4n) is 2.07. The number of rotatable bonds is 3. The predicted molar refractivity (Wildman–Crippen MR) is 62.8 cm³/mol. The number of carbonyl (C=O) groups is 1. The number of hydrogen-bond acceptors (Lipinski definition) is 1. The van der Waals surface area contributed by atoms with Crippen molar-refractivity contribution in [2.24, 2.45) is 0 Å². The van der Waals surface area contributed by atoms with Gasteiger partial charge in [0.2, 0.25) is 0 Å². The Kier molecular flexibility index (Phi) is 4.18. The van der Waals surface area contributed by atoms with Crippen molar-refractivity contribution in [3.8, 4) is 0 Å². The summed E-state index contributed by atoms with van der Waals surface area (Å²) in [6, 6.07) is 0.00926. The van der Waals surface area contributed by atoms with Gasteiger partial charge in [-0.05, 0) is 25.7 Å². The van der Waals surface area contributed by atoms with Crippen LogP contribution in [-0.2, 0) is 0 Å². The van der Waals surface area contributed by atoms with Crippen LogP contribution in [0.5, 0.6) is 0 Å². The second kappa shape index (κ2) is 5.19. The fourth-order valence-corrected chi connectivity index (χ4v) is 2.07. The molecule has 0 aromatic carbocycles. The molecule has 86 valence electrons. The number of nitrogens with one attached hydrogen (secondary N) is 1. The van der Waals surface area contributed by atoms with Crippen LogP contribution in [0.4, 0.5) is 4.79 Å². The highest BCUT2D eigenvalue weighted by molar-refractivity contribution is 5.74. The van der Waals surface area contributed by atoms with E-state index >= 15 is 0 Å². The second-order valence-corrected chi connectivity index (χ2v) is 4.53. The van der Waals surface area contributed by atoms with Gasteiger partial charge < -0.3 is 10.2 Å². The van der Waals surface area contributed by atoms with Crippen LogP contribution >= 0.6 is 0 Å². The van der Waals surface area contributed by atoms with Crippen molar-refractivity contribution in [2.45, 2.75) is 44.6 Å². The van der Waals surface area contributed by atoms with E-state index in [4.69, 9.17) is 0 Å². The van der Waals surface area contributed by atoms with Crippen molar-refractivity contribution in [3.05, 3.63) is 12.2 Å². The van der Waals surface area contributed by atoms with Gasteiger partial charge in [0.25, 0.3) is 0 Å². The molecule has 0 aliphatic heterocycles. The summed E-state index contributed by atoms with van der Waals surface area (Å²) in [6.07, 6.45) is 9.88. The number of carbonyl (C=O) groups excluding carboxylic acids is 1. The van der Waals surface area contributed by atoms with Gasteiger partial charge in [0.1, 0.15) is 0 Å². The molecule has 3 heteroatoms. The molecule has 0 saturated carbocycles. The zero-order valence-electron chi connectivity index (χ0n) is 10.0. The molecule has 0 saturated heterocycles. The van der Waals surface area contributed by atoms with E-state index in [0.29, 0.717) is 0 Å². The zero-order valence-corrected chi connectivity index (χ0v) is 10.0. The van der Waals surface area contributed by atoms with Crippen LogP contribution in [0, 0.1) is 0 Å². The lowest BCUT2D eigenvalue weighted by molar-refractivity contribution is 0.202. The van der Waals surface area contributed by atoms with Crippen molar-refractivity contribution < 1.29 is 4.79 Å². The maximum absolute atomic E-state index is 11.7. The maximum Gasteiger partial charge on any atom is 0.317 e. The third kappa shape index (κ3) is 3.26. The minimum atomic E-state index is -0.0889. The molecule has 0 aromatic rings. The van der Waals surface area contributed by atoms with E-state index in [9.17, 15) is 4.79 Å². The summed E-state index contributed by atoms with van der Waals surface area (Å²) in [5.41, 5.74) is -0.0889. The molecule has 0 bridgehead atoms. The fraction of sp³-hybridized carbons (Fsp3) is 0.750. The van der Waals surface area contributed by atoms with Gasteiger partial charge in [-0.3, -0.25) is 0 Å². The SMILES string of the molecule is CCCC1(NC(=O)N(C)C)C=CCCC1. The van der Waals surface area contributed by atoms with Gasteiger partial charge in [-0.25, -0.2) is 4.79 Å². The Labute approximate surface area is 92.5 Å². The first-order chi connectivity index (χ1) is 7.09. The Morgan fingerprint density at radius 2 is 2.27 bits per heavy atom. The van der Waals surface area contributed by atoms with E-state index in [1.165, 1.54) is 6.42 Å². The van der Waals surface area contributed by atoms with Crippen LogP contribution in [-0.4, -0.2) is 30.6 Å². The van der Waals surface area contributed by atoms with E-state index in [-0.39, 0.29) is 11.6 Å². The van der Waals surface area contributed by atoms with Crippen molar-refractivity contribution in [1.29, 1.82) is 0 Å². The van der Waals surface area contributed by atoms with E-state index in [0.717, 1.165) is 25.7 Å². The van der Waals surface area contributed by atoms with Gasteiger partial charge in [-0.1, -0.05) is 25.5 Å². The summed E-state index contributed by atoms with van der Waals surface area (Å²) in [4.78, 5) is 13.3. The highest BCUT2D eigenvalue weighted by Crippen LogP contribution is 2.26. The summed E-state index contributed by atoms with van der Waals surface area (Å²) in [5.74, 6) is 0. The monoisotopic (exact) mass is 210 g/mol. The van der Waals surface area contributed by atoms with Crippen molar-refractivity contribution in [3.63, 3.8) is 0 Å². The smallest absolute Gasteiger partial charge is 0.317 e. The van der Waals surface area contributed by atoms with Gasteiger partial charge in [-0.2, -0.15) is 0 Å². The molecule has 1 rings (SSSR count). The Hall–Kier alpha value is -0.990. The van der Waals surface area contributed by atoms with Crippen LogP contribution < -0.4 is 5.32 Å². The lowest BCUT2D eigenvalue weighted by atomic mass is 9.84. The number of amides is 2. The largest absolute Gasteiger partial charge is 0.331 e. The van der Waals surface area contributed by atoms with Gasteiger partial charge in [-0.15, -0.1) is 0 Å². The molecule has 1 aliphatic rings. The molecule has 3 nitrogen and oxygen atoms in total. The molecule has 2 amide bonds. The van der Waals surface area contributed by atoms with Crippen LogP contribution in [0.3, 0.4) is 0 Å². The third-order valence-electron chi connectivity index (χ3n) is 2.89. The van der Waals surface area contributed by atoms with Gasteiger partial charge in [0, 0.05) is 14.1 Å². The Bertz CT molecular complexity index is 248. The Morgan fingerprint density at radius 1 is 1.53 bits per heavy atom. The van der Waals surface area contributed by atoms with Crippen LogP contribution in [0.25, 0.3) is 0 Å². The molecule has 15 heavy (non-hydrogen) atoms. The van der Waals surface area contributed by atoms with Crippen LogP contribution in [0.2, 0.25) is 0 Å². The molecule has 0 radical (unpaired) electrons. The van der Waals surface area contributed by atoms with Crippen molar-refractivity contribution in [1.82, 2.24) is 10.2 Å². The standard InChI is InChI=1S/C12H22N2O/c1-4-8-12(9-6-5-7-10-12)13-11(15)14(2)3/h6,9H,4-5,7-8,10H2,1-3H3,(H,13,15). The minimum Gasteiger partial charge on any atom is -0.331 e. The lowest BCUT2D eigenvalue weighted by Gasteiger charge is -2.35. The summed E-state index contributed by atoms with van der Waals surface area (Å²) in [7, 11) is 3.56. The third-order valence-corrected chi connectivity index (χ3v) is 2.89. The second-order valence-electron chi connectivity index (χ2n) is 4.53. The highest BCUT2D eigenvalue weighted by atomic mass is 16.2. The maximum atomic E-state index is 11.7. The summed E-state index contributed by atoms with van der Waals surface area (Å²) in [5, 5.41) is 3.13. The highest BCUT2D eigenvalue weighted by Gasteiger charge is 2.29. The van der Waals surface area contributed by atoms with E-state index in [2.05, 4.69) is 24.4 Å². The molecular formula is C12H22N2O. The van der Waals surface area contributed by atoms with Gasteiger partial charge >= 0.3 is 6.03 Å². The zero-order chi connectivity index (χ0) is 11.3. The van der Waals surface area contributed by atoms with E-state index < -0.39 is 0 Å². The molecular weight excluding hydrogens is 188 g/mol. The number of urea groups is 1. The van der Waals surface area contributed by atoms with Crippen molar-refractivity contribution >= 4 is 6.03 Å². The number of hydrogen-bond donors (Lipinski definition) is 1. The molecule has 1 atom stereocenters. The minimum absolute atomic E-state index is 0.00926. The van der Waals surface area contributed by atoms with Gasteiger partial charge in [0.05, 0.1) is 5.54 Å². The lowest BCUT2D eigenvalue weighted by Crippen LogP contribution is -2.51. The summed E-state index contributed by atoms with van der Waals surface area (Å²) >= 11 is 0. The Morgan fingerprint density at radius 3 is 2.73 bits per heavy atom. The molecule has 1 aliphatic carbocycles. The average molecular weight is 210 g/mol. The molecule has 0 fully saturated rings. The number of nitrogens with zero attached hydrogens (tertiary/aromatic N) is 1. The first-order valence-electron chi connectivity index (χ1n) is 5.77. The van der Waals surface area contributed by atoms with Crippen molar-refractivity contribution in [2.75, 3.05) is 14.1 Å². The van der Waals surface area contributed by atoms with E-state index in [1.54, 1.807) is 19.0 Å². The first-order valence-corrected chi connectivity index (χ1v) is 5.77.